The Kier molecular flexibility index (Phi) is 5.24. The summed E-state index contributed by atoms with van der Waals surface area (Å²) in [6.07, 6.45) is -1.00. The Morgan fingerprint density at radius 3 is 2.53 bits per heavy atom. The molecular weight excluding hydrogens is 439 g/mol. The number of aromatic nitrogens is 1. The van der Waals surface area contributed by atoms with Crippen LogP contribution >= 0.6 is 11.6 Å². The third kappa shape index (κ3) is 3.68. The summed E-state index contributed by atoms with van der Waals surface area (Å²) in [4.78, 5) is 21.1. The van der Waals surface area contributed by atoms with Gasteiger partial charge in [-0.15, -0.1) is 0 Å². The van der Waals surface area contributed by atoms with E-state index in [0.717, 1.165) is 30.5 Å². The van der Waals surface area contributed by atoms with Crippen molar-refractivity contribution in [3.8, 4) is 0 Å². The fraction of sp³-hybridized carbons (Fsp3) is 0.333. The third-order valence-corrected chi connectivity index (χ3v) is 6.62. The number of nitrogens with zero attached hydrogens (tertiary/aromatic N) is 3. The molecule has 0 N–H and O–H groups in total. The van der Waals surface area contributed by atoms with Gasteiger partial charge in [0.2, 0.25) is 0 Å². The highest BCUT2D eigenvalue weighted by atomic mass is 35.5. The predicted octanol–water partition coefficient (Wildman–Crippen LogP) is 5.36. The number of amides is 1. The maximum atomic E-state index is 13.4. The van der Waals surface area contributed by atoms with Crippen LogP contribution in [0, 0.1) is 0 Å². The summed E-state index contributed by atoms with van der Waals surface area (Å²) >= 11 is 6.13. The molecule has 8 heteroatoms. The Hall–Kier alpha value is -2.80. The molecule has 1 aromatic heterocycles. The highest BCUT2D eigenvalue weighted by molar-refractivity contribution is 6.33. The predicted molar refractivity (Wildman–Crippen MR) is 118 cm³/mol. The molecular formula is C24H21ClF3N3O. The second kappa shape index (κ2) is 7.96. The van der Waals surface area contributed by atoms with Gasteiger partial charge in [-0.3, -0.25) is 4.79 Å². The fourth-order valence-corrected chi connectivity index (χ4v) is 5.04. The van der Waals surface area contributed by atoms with Crippen LogP contribution in [0.3, 0.4) is 0 Å². The van der Waals surface area contributed by atoms with E-state index in [1.54, 1.807) is 0 Å². The molecule has 1 amide bonds. The SMILES string of the molecule is O=C(c1ccc2c3c(cccc13)CC2)N1CCCN(c2ncc(C(F)(F)F)cc2Cl)CC1. The number of carbonyl (C=O) groups is 1. The Bertz CT molecular complexity index is 1200. The number of hydrogen-bond acceptors (Lipinski definition) is 3. The zero-order valence-electron chi connectivity index (χ0n) is 17.3. The molecule has 0 saturated carbocycles. The number of carbonyl (C=O) groups excluding carboxylic acids is 1. The largest absolute Gasteiger partial charge is 0.417 e. The van der Waals surface area contributed by atoms with Gasteiger partial charge in [-0.25, -0.2) is 4.98 Å². The van der Waals surface area contributed by atoms with Gasteiger partial charge in [0.1, 0.15) is 5.82 Å². The quantitative estimate of drug-likeness (QED) is 0.517. The summed E-state index contributed by atoms with van der Waals surface area (Å²) in [7, 11) is 0. The van der Waals surface area contributed by atoms with Crippen LogP contribution in [-0.4, -0.2) is 42.0 Å². The maximum Gasteiger partial charge on any atom is 0.417 e. The molecule has 0 spiro atoms. The summed E-state index contributed by atoms with van der Waals surface area (Å²) < 4.78 is 38.7. The second-order valence-electron chi connectivity index (χ2n) is 8.27. The maximum absolute atomic E-state index is 13.4. The van der Waals surface area contributed by atoms with E-state index < -0.39 is 11.7 Å². The van der Waals surface area contributed by atoms with Gasteiger partial charge in [0, 0.05) is 37.9 Å². The molecule has 2 aromatic carbocycles. The molecule has 32 heavy (non-hydrogen) atoms. The van der Waals surface area contributed by atoms with E-state index in [4.69, 9.17) is 11.6 Å². The molecule has 1 aliphatic heterocycles. The standard InChI is InChI=1S/C24H21ClF3N3O/c25-20-13-17(24(26,27)28)14-29-22(20)30-9-2-10-31(12-11-30)23(32)19-8-7-16-6-5-15-3-1-4-18(19)21(15)16/h1,3-4,7-8,13-14H,2,5-6,9-12H2. The van der Waals surface area contributed by atoms with E-state index in [-0.39, 0.29) is 10.9 Å². The zero-order chi connectivity index (χ0) is 22.5. The zero-order valence-corrected chi connectivity index (χ0v) is 18.0. The molecule has 2 heterocycles. The Morgan fingerprint density at radius 2 is 1.78 bits per heavy atom. The van der Waals surface area contributed by atoms with Crippen LogP contribution in [0.4, 0.5) is 19.0 Å². The summed E-state index contributed by atoms with van der Waals surface area (Å²) in [5, 5.41) is 2.17. The monoisotopic (exact) mass is 459 g/mol. The number of pyridine rings is 1. The third-order valence-electron chi connectivity index (χ3n) is 6.34. The average Bonchev–Trinajstić information content (AvgIpc) is 3.03. The van der Waals surface area contributed by atoms with Crippen molar-refractivity contribution in [3.63, 3.8) is 0 Å². The Labute approximate surface area is 188 Å². The topological polar surface area (TPSA) is 36.4 Å². The van der Waals surface area contributed by atoms with Crippen molar-refractivity contribution in [1.29, 1.82) is 0 Å². The molecule has 4 nitrogen and oxygen atoms in total. The molecule has 166 valence electrons. The first-order chi connectivity index (χ1) is 15.3. The van der Waals surface area contributed by atoms with Crippen LogP contribution in [0.1, 0.15) is 33.5 Å². The van der Waals surface area contributed by atoms with Crippen LogP contribution in [0.2, 0.25) is 5.02 Å². The van der Waals surface area contributed by atoms with Crippen molar-refractivity contribution in [2.75, 3.05) is 31.1 Å². The van der Waals surface area contributed by atoms with Gasteiger partial charge in [0.15, 0.2) is 0 Å². The van der Waals surface area contributed by atoms with Crippen LogP contribution in [0.15, 0.2) is 42.6 Å². The molecule has 3 aromatic rings. The van der Waals surface area contributed by atoms with Gasteiger partial charge < -0.3 is 9.80 Å². The highest BCUT2D eigenvalue weighted by Crippen LogP contribution is 2.35. The smallest absolute Gasteiger partial charge is 0.354 e. The van der Waals surface area contributed by atoms with Gasteiger partial charge in [-0.1, -0.05) is 35.9 Å². The Morgan fingerprint density at radius 1 is 1.00 bits per heavy atom. The van der Waals surface area contributed by atoms with Crippen molar-refractivity contribution in [3.05, 3.63) is 69.9 Å². The Balaban J connectivity index is 1.37. The molecule has 5 rings (SSSR count). The molecule has 1 aliphatic carbocycles. The summed E-state index contributed by atoms with van der Waals surface area (Å²) in [6, 6.07) is 11.0. The van der Waals surface area contributed by atoms with Gasteiger partial charge in [-0.05, 0) is 53.3 Å². The molecule has 0 bridgehead atoms. The fourth-order valence-electron chi connectivity index (χ4n) is 4.75. The van der Waals surface area contributed by atoms with E-state index in [2.05, 4.69) is 17.1 Å². The molecule has 1 saturated heterocycles. The summed E-state index contributed by atoms with van der Waals surface area (Å²) in [5.41, 5.74) is 2.41. The lowest BCUT2D eigenvalue weighted by Crippen LogP contribution is -2.35. The number of halogens is 4. The lowest BCUT2D eigenvalue weighted by atomic mass is 9.99. The van der Waals surface area contributed by atoms with Crippen molar-refractivity contribution >= 4 is 34.1 Å². The number of anilines is 1. The van der Waals surface area contributed by atoms with Crippen molar-refractivity contribution in [2.45, 2.75) is 25.4 Å². The molecule has 0 radical (unpaired) electrons. The van der Waals surface area contributed by atoms with Crippen molar-refractivity contribution in [1.82, 2.24) is 9.88 Å². The van der Waals surface area contributed by atoms with Crippen molar-refractivity contribution < 1.29 is 18.0 Å². The van der Waals surface area contributed by atoms with E-state index in [1.165, 1.54) is 16.5 Å². The van der Waals surface area contributed by atoms with Crippen LogP contribution in [0.5, 0.6) is 0 Å². The summed E-state index contributed by atoms with van der Waals surface area (Å²) in [5.74, 6) is 0.299. The summed E-state index contributed by atoms with van der Waals surface area (Å²) in [6.45, 7) is 2.02. The number of hydrogen-bond donors (Lipinski definition) is 0. The molecule has 2 aliphatic rings. The minimum Gasteiger partial charge on any atom is -0.354 e. The molecule has 0 atom stereocenters. The van der Waals surface area contributed by atoms with E-state index >= 15 is 0 Å². The second-order valence-corrected chi connectivity index (χ2v) is 8.68. The first-order valence-electron chi connectivity index (χ1n) is 10.6. The van der Waals surface area contributed by atoms with Gasteiger partial charge in [0.05, 0.1) is 10.6 Å². The van der Waals surface area contributed by atoms with E-state index in [0.29, 0.717) is 44.0 Å². The minimum absolute atomic E-state index is 0.0195. The first kappa shape index (κ1) is 21.1. The lowest BCUT2D eigenvalue weighted by Gasteiger charge is -2.24. The van der Waals surface area contributed by atoms with Gasteiger partial charge >= 0.3 is 6.18 Å². The van der Waals surface area contributed by atoms with Crippen molar-refractivity contribution in [2.24, 2.45) is 0 Å². The number of alkyl halides is 3. The highest BCUT2D eigenvalue weighted by Gasteiger charge is 2.32. The van der Waals surface area contributed by atoms with Gasteiger partial charge in [0.25, 0.3) is 5.91 Å². The van der Waals surface area contributed by atoms with Crippen LogP contribution < -0.4 is 4.90 Å². The first-order valence-corrected chi connectivity index (χ1v) is 11.0. The van der Waals surface area contributed by atoms with Crippen LogP contribution in [0.25, 0.3) is 10.8 Å². The molecule has 0 unspecified atom stereocenters. The number of aryl methyl sites for hydroxylation is 2. The van der Waals surface area contributed by atoms with Crippen LogP contribution in [-0.2, 0) is 19.0 Å². The normalized spacial score (nSPS) is 16.5. The number of rotatable bonds is 2. The van der Waals surface area contributed by atoms with Gasteiger partial charge in [-0.2, -0.15) is 13.2 Å². The van der Waals surface area contributed by atoms with E-state index in [1.807, 2.05) is 28.0 Å². The molecule has 1 fully saturated rings. The minimum atomic E-state index is -4.49. The van der Waals surface area contributed by atoms with E-state index in [9.17, 15) is 18.0 Å². The average molecular weight is 460 g/mol. The number of benzene rings is 2. The lowest BCUT2D eigenvalue weighted by molar-refractivity contribution is -0.137.